The predicted molar refractivity (Wildman–Crippen MR) is 121 cm³/mol. The number of benzene rings is 2. The lowest BCUT2D eigenvalue weighted by Gasteiger charge is -2.28. The molecule has 0 bridgehead atoms. The number of fused-ring (bicyclic) bond motifs is 3. The molecular weight excluding hydrogens is 408 g/mol. The Hall–Kier alpha value is -3.35. The summed E-state index contributed by atoms with van der Waals surface area (Å²) >= 11 is 0. The van der Waals surface area contributed by atoms with Crippen LogP contribution >= 0.6 is 0 Å². The van der Waals surface area contributed by atoms with Crippen molar-refractivity contribution in [3.05, 3.63) is 59.7 Å². The maximum absolute atomic E-state index is 12.4. The molecule has 0 heterocycles. The average molecular weight is 439 g/mol. The van der Waals surface area contributed by atoms with Crippen LogP contribution in [0.4, 0.5) is 4.79 Å². The standard InChI is InChI=1S/C25H30N2O5/c1-15(22(28)27-21(23(29)30)25(2,3)4)13-26-24(31)32-14-20-18-11-7-5-9-16(18)17-10-6-8-12-19(17)20/h5-12,15,20-21H,13-14H2,1-4H3,(H,26,31)(H,27,28)(H,29,30)/t15?,21-/m0/s1. The van der Waals surface area contributed by atoms with Gasteiger partial charge in [0.2, 0.25) is 5.91 Å². The number of hydrogen-bond acceptors (Lipinski definition) is 4. The topological polar surface area (TPSA) is 105 Å². The van der Waals surface area contributed by atoms with E-state index in [1.807, 2.05) is 36.4 Å². The molecule has 0 spiro atoms. The van der Waals surface area contributed by atoms with Gasteiger partial charge in [-0.05, 0) is 27.7 Å². The third kappa shape index (κ3) is 5.10. The van der Waals surface area contributed by atoms with E-state index >= 15 is 0 Å². The first-order chi connectivity index (χ1) is 15.1. The number of hydrogen-bond donors (Lipinski definition) is 3. The quantitative estimate of drug-likeness (QED) is 0.610. The van der Waals surface area contributed by atoms with Gasteiger partial charge < -0.3 is 20.5 Å². The molecule has 0 saturated carbocycles. The Morgan fingerprint density at radius 2 is 1.53 bits per heavy atom. The molecule has 0 aliphatic heterocycles. The molecule has 2 amide bonds. The highest BCUT2D eigenvalue weighted by atomic mass is 16.5. The number of carboxylic acid groups (broad SMARTS) is 1. The SMILES string of the molecule is CC(CNC(=O)OCC1c2ccccc2-c2ccccc21)C(=O)N[C@@H](C(=O)O)C(C)(C)C. The zero-order valence-electron chi connectivity index (χ0n) is 18.8. The molecule has 2 aromatic carbocycles. The Kier molecular flexibility index (Phi) is 6.87. The Balaban J connectivity index is 1.54. The first-order valence-electron chi connectivity index (χ1n) is 10.7. The van der Waals surface area contributed by atoms with Crippen molar-refractivity contribution >= 4 is 18.0 Å². The number of rotatable bonds is 7. The lowest BCUT2D eigenvalue weighted by molar-refractivity contribution is -0.145. The molecule has 1 aliphatic carbocycles. The lowest BCUT2D eigenvalue weighted by atomic mass is 9.86. The lowest BCUT2D eigenvalue weighted by Crippen LogP contribution is -2.51. The highest BCUT2D eigenvalue weighted by molar-refractivity contribution is 5.85. The van der Waals surface area contributed by atoms with Crippen LogP contribution in [0.5, 0.6) is 0 Å². The summed E-state index contributed by atoms with van der Waals surface area (Å²) in [4.78, 5) is 36.1. The van der Waals surface area contributed by atoms with Gasteiger partial charge >= 0.3 is 12.1 Å². The van der Waals surface area contributed by atoms with Crippen LogP contribution in [0, 0.1) is 11.3 Å². The first kappa shape index (κ1) is 23.3. The third-order valence-corrected chi connectivity index (χ3v) is 5.74. The van der Waals surface area contributed by atoms with E-state index in [-0.39, 0.29) is 19.1 Å². The van der Waals surface area contributed by atoms with Gasteiger partial charge in [-0.15, -0.1) is 0 Å². The molecule has 0 aromatic heterocycles. The molecule has 1 aliphatic rings. The molecule has 32 heavy (non-hydrogen) atoms. The monoisotopic (exact) mass is 438 g/mol. The van der Waals surface area contributed by atoms with Crippen LogP contribution < -0.4 is 10.6 Å². The average Bonchev–Trinajstić information content (AvgIpc) is 3.07. The van der Waals surface area contributed by atoms with Crippen LogP contribution in [0.2, 0.25) is 0 Å². The molecule has 7 heteroatoms. The van der Waals surface area contributed by atoms with Gasteiger partial charge in [-0.1, -0.05) is 76.2 Å². The van der Waals surface area contributed by atoms with Crippen molar-refractivity contribution in [1.82, 2.24) is 10.6 Å². The van der Waals surface area contributed by atoms with E-state index in [1.54, 1.807) is 27.7 Å². The second kappa shape index (κ2) is 9.42. The minimum absolute atomic E-state index is 0.0407. The van der Waals surface area contributed by atoms with Gasteiger partial charge in [-0.3, -0.25) is 4.79 Å². The minimum atomic E-state index is -1.09. The Morgan fingerprint density at radius 1 is 1.00 bits per heavy atom. The first-order valence-corrected chi connectivity index (χ1v) is 10.7. The van der Waals surface area contributed by atoms with Crippen molar-refractivity contribution in [2.24, 2.45) is 11.3 Å². The van der Waals surface area contributed by atoms with E-state index in [1.165, 1.54) is 0 Å². The summed E-state index contributed by atoms with van der Waals surface area (Å²) in [6, 6.07) is 15.1. The van der Waals surface area contributed by atoms with Crippen molar-refractivity contribution < 1.29 is 24.2 Å². The largest absolute Gasteiger partial charge is 0.480 e. The predicted octanol–water partition coefficient (Wildman–Crippen LogP) is 3.78. The summed E-state index contributed by atoms with van der Waals surface area (Å²) in [5.41, 5.74) is 3.90. The van der Waals surface area contributed by atoms with Crippen molar-refractivity contribution in [3.8, 4) is 11.1 Å². The van der Waals surface area contributed by atoms with Crippen LogP contribution in [0.15, 0.2) is 48.5 Å². The smallest absolute Gasteiger partial charge is 0.407 e. The second-order valence-electron chi connectivity index (χ2n) is 9.25. The summed E-state index contributed by atoms with van der Waals surface area (Å²) in [5.74, 6) is -2.19. The molecule has 0 saturated heterocycles. The second-order valence-corrected chi connectivity index (χ2v) is 9.25. The number of ether oxygens (including phenoxy) is 1. The number of carbonyl (C=O) groups is 3. The molecule has 3 rings (SSSR count). The van der Waals surface area contributed by atoms with Crippen molar-refractivity contribution in [2.45, 2.75) is 39.7 Å². The Morgan fingerprint density at radius 3 is 2.03 bits per heavy atom. The van der Waals surface area contributed by atoms with E-state index in [2.05, 4.69) is 22.8 Å². The van der Waals surface area contributed by atoms with E-state index in [0.29, 0.717) is 0 Å². The molecule has 3 N–H and O–H groups in total. The molecule has 7 nitrogen and oxygen atoms in total. The molecule has 170 valence electrons. The number of aliphatic carboxylic acids is 1. The molecule has 0 radical (unpaired) electrons. The molecule has 1 unspecified atom stereocenters. The molecule has 0 fully saturated rings. The van der Waals surface area contributed by atoms with Crippen LogP contribution in [0.25, 0.3) is 11.1 Å². The zero-order valence-corrected chi connectivity index (χ0v) is 18.8. The fourth-order valence-corrected chi connectivity index (χ4v) is 3.91. The normalized spacial score (nSPS) is 14.6. The summed E-state index contributed by atoms with van der Waals surface area (Å²) in [6.07, 6.45) is -0.614. The summed E-state index contributed by atoms with van der Waals surface area (Å²) in [5, 5.41) is 14.5. The summed E-state index contributed by atoms with van der Waals surface area (Å²) < 4.78 is 5.47. The Bertz CT molecular complexity index is 966. The van der Waals surface area contributed by atoms with Crippen LogP contribution in [0.3, 0.4) is 0 Å². The van der Waals surface area contributed by atoms with Crippen LogP contribution in [-0.4, -0.2) is 42.3 Å². The third-order valence-electron chi connectivity index (χ3n) is 5.74. The molecular formula is C25H30N2O5. The van der Waals surface area contributed by atoms with E-state index in [4.69, 9.17) is 4.74 Å². The number of alkyl carbamates (subject to hydrolysis) is 1. The van der Waals surface area contributed by atoms with Gasteiger partial charge in [0.1, 0.15) is 12.6 Å². The van der Waals surface area contributed by atoms with Crippen molar-refractivity contribution in [2.75, 3.05) is 13.2 Å². The highest BCUT2D eigenvalue weighted by Gasteiger charge is 2.34. The van der Waals surface area contributed by atoms with Gasteiger partial charge in [0.25, 0.3) is 0 Å². The van der Waals surface area contributed by atoms with E-state index < -0.39 is 35.3 Å². The van der Waals surface area contributed by atoms with Gasteiger partial charge in [-0.25, -0.2) is 9.59 Å². The number of amides is 2. The van der Waals surface area contributed by atoms with Crippen molar-refractivity contribution in [1.29, 1.82) is 0 Å². The van der Waals surface area contributed by atoms with Crippen LogP contribution in [-0.2, 0) is 14.3 Å². The van der Waals surface area contributed by atoms with Gasteiger partial charge in [-0.2, -0.15) is 0 Å². The number of nitrogens with one attached hydrogen (secondary N) is 2. The van der Waals surface area contributed by atoms with Crippen molar-refractivity contribution in [3.63, 3.8) is 0 Å². The molecule has 2 atom stereocenters. The van der Waals surface area contributed by atoms with Gasteiger partial charge in [0.05, 0.1) is 5.92 Å². The fraction of sp³-hybridized carbons (Fsp3) is 0.400. The van der Waals surface area contributed by atoms with Gasteiger partial charge in [0, 0.05) is 12.5 Å². The van der Waals surface area contributed by atoms with Crippen LogP contribution in [0.1, 0.15) is 44.7 Å². The maximum Gasteiger partial charge on any atom is 0.407 e. The number of carboxylic acids is 1. The van der Waals surface area contributed by atoms with E-state index in [9.17, 15) is 19.5 Å². The number of carbonyl (C=O) groups excluding carboxylic acids is 2. The summed E-state index contributed by atoms with van der Waals surface area (Å²) in [7, 11) is 0. The fourth-order valence-electron chi connectivity index (χ4n) is 3.91. The highest BCUT2D eigenvalue weighted by Crippen LogP contribution is 2.44. The van der Waals surface area contributed by atoms with E-state index in [0.717, 1.165) is 22.3 Å². The maximum atomic E-state index is 12.4. The zero-order chi connectivity index (χ0) is 23.5. The minimum Gasteiger partial charge on any atom is -0.480 e. The summed E-state index contributed by atoms with van der Waals surface area (Å²) in [6.45, 7) is 7.08. The molecule has 2 aromatic rings. The Labute approximate surface area is 188 Å². The van der Waals surface area contributed by atoms with Gasteiger partial charge in [0.15, 0.2) is 0 Å².